The van der Waals surface area contributed by atoms with E-state index in [2.05, 4.69) is 0 Å². The number of hydroxylamine groups is 1. The van der Waals surface area contributed by atoms with Gasteiger partial charge in [0.05, 0.1) is 16.6 Å². The van der Waals surface area contributed by atoms with Crippen LogP contribution in [0.2, 0.25) is 0 Å². The van der Waals surface area contributed by atoms with Crippen molar-refractivity contribution in [3.63, 3.8) is 0 Å². The Kier molecular flexibility index (Phi) is 3.55. The lowest BCUT2D eigenvalue weighted by Gasteiger charge is -2.03. The molecule has 2 N–H and O–H groups in total. The van der Waals surface area contributed by atoms with Crippen molar-refractivity contribution >= 4 is 27.5 Å². The number of amides is 1. The molecule has 3 rings (SSSR count). The summed E-state index contributed by atoms with van der Waals surface area (Å²) < 4.78 is 2.64. The fraction of sp³-hybridized carbons (Fsp3) is 0.0667. The van der Waals surface area contributed by atoms with E-state index in [1.807, 2.05) is 24.3 Å². The van der Waals surface area contributed by atoms with Crippen LogP contribution in [0.3, 0.4) is 0 Å². The molecule has 0 bridgehead atoms. The Balaban J connectivity index is 1.90. The lowest BCUT2D eigenvalue weighted by Crippen LogP contribution is -2.18. The lowest BCUT2D eigenvalue weighted by atomic mass is 10.1. The third kappa shape index (κ3) is 2.58. The molecular weight excluding hydrogens is 288 g/mol. The molecule has 1 aromatic heterocycles. The number of fused-ring (bicyclic) bond motifs is 1. The first-order valence-corrected chi connectivity index (χ1v) is 7.08. The summed E-state index contributed by atoms with van der Waals surface area (Å²) in [5.74, 6) is -0.555. The molecule has 1 amide bonds. The number of rotatable bonds is 3. The second kappa shape index (κ2) is 5.51. The van der Waals surface area contributed by atoms with Crippen molar-refractivity contribution < 1.29 is 10.0 Å². The summed E-state index contributed by atoms with van der Waals surface area (Å²) in [6, 6.07) is 14.3. The number of benzene rings is 2. The molecule has 0 saturated carbocycles. The molecule has 21 heavy (non-hydrogen) atoms. The molecule has 0 spiro atoms. The van der Waals surface area contributed by atoms with E-state index >= 15 is 0 Å². The Bertz CT molecular complexity index is 849. The predicted molar refractivity (Wildman–Crippen MR) is 80.9 cm³/mol. The maximum Gasteiger partial charge on any atom is 0.274 e. The maximum atomic E-state index is 12.2. The number of hydrogen-bond donors (Lipinski definition) is 2. The number of carbonyl (C=O) groups is 1. The van der Waals surface area contributed by atoms with Crippen molar-refractivity contribution in [3.05, 3.63) is 70.0 Å². The van der Waals surface area contributed by atoms with Crippen LogP contribution >= 0.6 is 11.5 Å². The van der Waals surface area contributed by atoms with Crippen LogP contribution in [-0.4, -0.2) is 15.1 Å². The highest BCUT2D eigenvalue weighted by Gasteiger charge is 2.08. The normalized spacial score (nSPS) is 10.7. The van der Waals surface area contributed by atoms with Gasteiger partial charge in [0.15, 0.2) is 0 Å². The predicted octanol–water partition coefficient (Wildman–Crippen LogP) is 2.23. The summed E-state index contributed by atoms with van der Waals surface area (Å²) >= 11 is 1.42. The zero-order chi connectivity index (χ0) is 14.8. The van der Waals surface area contributed by atoms with Crippen LogP contribution in [0.4, 0.5) is 0 Å². The van der Waals surface area contributed by atoms with E-state index in [0.717, 1.165) is 15.6 Å². The van der Waals surface area contributed by atoms with Crippen LogP contribution in [0, 0.1) is 0 Å². The van der Waals surface area contributed by atoms with Gasteiger partial charge < -0.3 is 0 Å². The van der Waals surface area contributed by atoms with E-state index in [0.29, 0.717) is 12.1 Å². The molecule has 5 nitrogen and oxygen atoms in total. The molecule has 0 radical (unpaired) electrons. The average molecular weight is 300 g/mol. The summed E-state index contributed by atoms with van der Waals surface area (Å²) in [6.45, 7) is 0.458. The van der Waals surface area contributed by atoms with E-state index in [4.69, 9.17) is 5.21 Å². The number of nitrogens with zero attached hydrogens (tertiary/aromatic N) is 1. The molecule has 0 atom stereocenters. The zero-order valence-electron chi connectivity index (χ0n) is 10.9. The minimum Gasteiger partial charge on any atom is -0.288 e. The van der Waals surface area contributed by atoms with Gasteiger partial charge in [-0.25, -0.2) is 5.48 Å². The van der Waals surface area contributed by atoms with Gasteiger partial charge in [0.25, 0.3) is 11.5 Å². The molecule has 0 aliphatic carbocycles. The summed E-state index contributed by atoms with van der Waals surface area (Å²) in [5.41, 5.74) is 2.86. The van der Waals surface area contributed by atoms with Gasteiger partial charge in [0.1, 0.15) is 0 Å². The van der Waals surface area contributed by atoms with Gasteiger partial charge in [-0.05, 0) is 29.8 Å². The van der Waals surface area contributed by atoms with Crippen molar-refractivity contribution in [2.24, 2.45) is 0 Å². The standard InChI is InChI=1S/C15H12N2O3S/c18-14(16-20)11-7-5-10(6-8-11)9-17-15(19)12-3-1-2-4-13(12)21-17/h1-8,20H,9H2,(H,16,18). The molecule has 2 aromatic carbocycles. The summed E-state index contributed by atoms with van der Waals surface area (Å²) in [4.78, 5) is 23.5. The van der Waals surface area contributed by atoms with Crippen LogP contribution < -0.4 is 11.0 Å². The van der Waals surface area contributed by atoms with Crippen molar-refractivity contribution in [2.75, 3.05) is 0 Å². The first-order valence-electron chi connectivity index (χ1n) is 6.31. The molecular formula is C15H12N2O3S. The number of hydrogen-bond acceptors (Lipinski definition) is 4. The molecule has 106 valence electrons. The van der Waals surface area contributed by atoms with E-state index < -0.39 is 5.91 Å². The summed E-state index contributed by atoms with van der Waals surface area (Å²) in [7, 11) is 0. The highest BCUT2D eigenvalue weighted by Crippen LogP contribution is 2.17. The summed E-state index contributed by atoms with van der Waals surface area (Å²) in [5, 5.41) is 9.29. The second-order valence-electron chi connectivity index (χ2n) is 4.57. The molecule has 0 unspecified atom stereocenters. The number of nitrogens with one attached hydrogen (secondary N) is 1. The maximum absolute atomic E-state index is 12.2. The third-order valence-corrected chi connectivity index (χ3v) is 4.26. The van der Waals surface area contributed by atoms with Gasteiger partial charge in [0, 0.05) is 5.56 Å². The van der Waals surface area contributed by atoms with Crippen molar-refractivity contribution in [1.29, 1.82) is 0 Å². The van der Waals surface area contributed by atoms with Crippen LogP contribution in [0.5, 0.6) is 0 Å². The number of aromatic nitrogens is 1. The third-order valence-electron chi connectivity index (χ3n) is 3.20. The van der Waals surface area contributed by atoms with Crippen LogP contribution in [0.25, 0.3) is 10.1 Å². The fourth-order valence-electron chi connectivity index (χ4n) is 2.11. The molecule has 3 aromatic rings. The quantitative estimate of drug-likeness (QED) is 0.575. The molecule has 0 aliphatic rings. The fourth-order valence-corrected chi connectivity index (χ4v) is 3.14. The van der Waals surface area contributed by atoms with E-state index in [9.17, 15) is 9.59 Å². The highest BCUT2D eigenvalue weighted by molar-refractivity contribution is 7.13. The van der Waals surface area contributed by atoms with Crippen LogP contribution in [-0.2, 0) is 6.54 Å². The topological polar surface area (TPSA) is 71.3 Å². The van der Waals surface area contributed by atoms with E-state index in [-0.39, 0.29) is 5.56 Å². The van der Waals surface area contributed by atoms with Gasteiger partial charge in [-0.15, -0.1) is 0 Å². The zero-order valence-corrected chi connectivity index (χ0v) is 11.8. The highest BCUT2D eigenvalue weighted by atomic mass is 32.1. The Morgan fingerprint density at radius 1 is 1.14 bits per heavy atom. The van der Waals surface area contributed by atoms with Gasteiger partial charge in [-0.3, -0.25) is 18.8 Å². The van der Waals surface area contributed by atoms with Gasteiger partial charge in [0.2, 0.25) is 0 Å². The molecule has 0 fully saturated rings. The van der Waals surface area contributed by atoms with E-state index in [1.165, 1.54) is 11.5 Å². The van der Waals surface area contributed by atoms with Crippen molar-refractivity contribution in [2.45, 2.75) is 6.54 Å². The Morgan fingerprint density at radius 2 is 1.86 bits per heavy atom. The Morgan fingerprint density at radius 3 is 2.52 bits per heavy atom. The van der Waals surface area contributed by atoms with Crippen LogP contribution in [0.1, 0.15) is 15.9 Å². The van der Waals surface area contributed by atoms with Crippen molar-refractivity contribution in [3.8, 4) is 0 Å². The Labute approximate surface area is 124 Å². The first-order chi connectivity index (χ1) is 10.2. The monoisotopic (exact) mass is 300 g/mol. The smallest absolute Gasteiger partial charge is 0.274 e. The van der Waals surface area contributed by atoms with Crippen LogP contribution in [0.15, 0.2) is 53.3 Å². The van der Waals surface area contributed by atoms with Gasteiger partial charge >= 0.3 is 0 Å². The molecule has 1 heterocycles. The summed E-state index contributed by atoms with van der Waals surface area (Å²) in [6.07, 6.45) is 0. The molecule has 0 saturated heterocycles. The number of carbonyl (C=O) groups excluding carboxylic acids is 1. The molecule has 6 heteroatoms. The SMILES string of the molecule is O=C(NO)c1ccc(Cn2sc3ccccc3c2=O)cc1. The second-order valence-corrected chi connectivity index (χ2v) is 5.63. The van der Waals surface area contributed by atoms with Crippen molar-refractivity contribution in [1.82, 2.24) is 9.44 Å². The minimum absolute atomic E-state index is 0.00669. The largest absolute Gasteiger partial charge is 0.288 e. The lowest BCUT2D eigenvalue weighted by molar-refractivity contribution is 0.0706. The van der Waals surface area contributed by atoms with Gasteiger partial charge in [-0.2, -0.15) is 0 Å². The average Bonchev–Trinajstić information content (AvgIpc) is 2.84. The van der Waals surface area contributed by atoms with Gasteiger partial charge in [-0.1, -0.05) is 35.8 Å². The minimum atomic E-state index is -0.555. The Hall–Kier alpha value is -2.44. The first kappa shape index (κ1) is 13.5. The molecule has 0 aliphatic heterocycles. The van der Waals surface area contributed by atoms with E-state index in [1.54, 1.807) is 33.7 Å².